The molecule has 0 atom stereocenters. The average Bonchev–Trinajstić information content (AvgIpc) is 3.08. The van der Waals surface area contributed by atoms with Gasteiger partial charge in [-0.2, -0.15) is 4.31 Å². The molecular formula is C29H27ClN2O5S. The minimum atomic E-state index is -3.69. The van der Waals surface area contributed by atoms with E-state index in [-0.39, 0.29) is 34.3 Å². The van der Waals surface area contributed by atoms with E-state index in [0.717, 1.165) is 25.7 Å². The van der Waals surface area contributed by atoms with Crippen LogP contribution < -0.4 is 5.32 Å². The number of carbonyl (C=O) groups excluding carboxylic acids is 2. The molecule has 5 rings (SSSR count). The van der Waals surface area contributed by atoms with Crippen molar-refractivity contribution in [1.82, 2.24) is 4.31 Å². The number of nitrogens with zero attached hydrogens (tertiary/aromatic N) is 1. The van der Waals surface area contributed by atoms with E-state index in [1.807, 2.05) is 6.07 Å². The molecule has 0 unspecified atom stereocenters. The maximum absolute atomic E-state index is 13.3. The van der Waals surface area contributed by atoms with Crippen LogP contribution in [0.15, 0.2) is 82.1 Å². The summed E-state index contributed by atoms with van der Waals surface area (Å²) < 4.78 is 33.8. The highest BCUT2D eigenvalue weighted by Gasteiger charge is 2.26. The van der Waals surface area contributed by atoms with Gasteiger partial charge in [-0.15, -0.1) is 0 Å². The summed E-state index contributed by atoms with van der Waals surface area (Å²) in [5.41, 5.74) is 1.58. The number of sulfonamides is 1. The fourth-order valence-corrected chi connectivity index (χ4v) is 6.33. The Balaban J connectivity index is 1.39. The second-order valence-electron chi connectivity index (χ2n) is 9.26. The quantitative estimate of drug-likeness (QED) is 0.263. The van der Waals surface area contributed by atoms with E-state index in [0.29, 0.717) is 40.3 Å². The SMILES string of the molecule is O=C(CNc1c(C(=O)c2ccc(Cl)cc2)oc2ccccc12)c1cccc(S(=O)(=O)N2CCCCCC2)c1. The van der Waals surface area contributed by atoms with Gasteiger partial charge in [-0.3, -0.25) is 9.59 Å². The number of Topliss-reactive ketones (excluding diaryl/α,β-unsaturated/α-hetero) is 1. The summed E-state index contributed by atoms with van der Waals surface area (Å²) in [6.45, 7) is 0.817. The molecule has 2 heterocycles. The normalized spacial score (nSPS) is 14.8. The molecule has 9 heteroatoms. The highest BCUT2D eigenvalue weighted by molar-refractivity contribution is 7.89. The van der Waals surface area contributed by atoms with Crippen molar-refractivity contribution in [2.75, 3.05) is 25.0 Å². The third kappa shape index (κ3) is 5.38. The molecule has 4 aromatic rings. The van der Waals surface area contributed by atoms with Gasteiger partial charge in [-0.25, -0.2) is 8.42 Å². The predicted octanol–water partition coefficient (Wildman–Crippen LogP) is 6.18. The van der Waals surface area contributed by atoms with Gasteiger partial charge in [0.05, 0.1) is 17.1 Å². The first kappa shape index (κ1) is 26.2. The summed E-state index contributed by atoms with van der Waals surface area (Å²) in [5.74, 6) is -0.578. The van der Waals surface area contributed by atoms with Crippen LogP contribution in [0.1, 0.15) is 52.2 Å². The van der Waals surface area contributed by atoms with Crippen molar-refractivity contribution in [2.24, 2.45) is 0 Å². The first-order valence-corrected chi connectivity index (χ1v) is 14.4. The molecule has 1 aliphatic heterocycles. The summed E-state index contributed by atoms with van der Waals surface area (Å²) in [6, 6.07) is 19.8. The Morgan fingerprint density at radius 1 is 0.868 bits per heavy atom. The number of fused-ring (bicyclic) bond motifs is 1. The van der Waals surface area contributed by atoms with E-state index in [9.17, 15) is 18.0 Å². The van der Waals surface area contributed by atoms with Crippen molar-refractivity contribution in [3.8, 4) is 0 Å². The number of furan rings is 1. The standard InChI is InChI=1S/C29H27ClN2O5S/c30-22-14-12-20(13-15-22)28(34)29-27(24-10-3-4-11-26(24)37-29)31-19-25(33)21-8-7-9-23(18-21)38(35,36)32-16-5-1-2-6-17-32/h3-4,7-15,18,31H,1-2,5-6,16-17,19H2. The van der Waals surface area contributed by atoms with Crippen LogP contribution in [-0.4, -0.2) is 43.9 Å². The third-order valence-corrected chi connectivity index (χ3v) is 8.84. The number of ketones is 2. The highest BCUT2D eigenvalue weighted by atomic mass is 35.5. The van der Waals surface area contributed by atoms with Crippen molar-refractivity contribution in [3.05, 3.63) is 94.7 Å². The van der Waals surface area contributed by atoms with Crippen LogP contribution in [0.3, 0.4) is 0 Å². The van der Waals surface area contributed by atoms with Gasteiger partial charge in [0.2, 0.25) is 15.8 Å². The molecule has 0 bridgehead atoms. The number of nitrogens with one attached hydrogen (secondary N) is 1. The molecule has 1 saturated heterocycles. The molecular weight excluding hydrogens is 524 g/mol. The van der Waals surface area contributed by atoms with Gasteiger partial charge in [-0.05, 0) is 61.4 Å². The predicted molar refractivity (Wildman–Crippen MR) is 148 cm³/mol. The monoisotopic (exact) mass is 550 g/mol. The number of halogens is 1. The molecule has 38 heavy (non-hydrogen) atoms. The summed E-state index contributed by atoms with van der Waals surface area (Å²) >= 11 is 5.97. The Hall–Kier alpha value is -3.46. The first-order valence-electron chi connectivity index (χ1n) is 12.5. The van der Waals surface area contributed by atoms with Crippen molar-refractivity contribution in [1.29, 1.82) is 0 Å². The zero-order valence-corrected chi connectivity index (χ0v) is 22.2. The van der Waals surface area contributed by atoms with Crippen LogP contribution in [0.4, 0.5) is 5.69 Å². The van der Waals surface area contributed by atoms with E-state index >= 15 is 0 Å². The lowest BCUT2D eigenvalue weighted by atomic mass is 10.1. The van der Waals surface area contributed by atoms with Crippen LogP contribution in [-0.2, 0) is 10.0 Å². The van der Waals surface area contributed by atoms with Crippen molar-refractivity contribution >= 4 is 49.8 Å². The van der Waals surface area contributed by atoms with Crippen LogP contribution in [0.5, 0.6) is 0 Å². The third-order valence-electron chi connectivity index (χ3n) is 6.69. The molecule has 1 fully saturated rings. The molecule has 1 aromatic heterocycles. The maximum atomic E-state index is 13.3. The minimum absolute atomic E-state index is 0.0822. The van der Waals surface area contributed by atoms with Crippen molar-refractivity contribution in [2.45, 2.75) is 30.6 Å². The van der Waals surface area contributed by atoms with Crippen LogP contribution in [0.2, 0.25) is 5.02 Å². The topological polar surface area (TPSA) is 96.7 Å². The Kier molecular flexibility index (Phi) is 7.65. The minimum Gasteiger partial charge on any atom is -0.450 e. The molecule has 0 amide bonds. The van der Waals surface area contributed by atoms with Gasteiger partial charge in [-0.1, -0.05) is 48.7 Å². The number of benzene rings is 3. The van der Waals surface area contributed by atoms with Gasteiger partial charge in [0.1, 0.15) is 5.58 Å². The molecule has 196 valence electrons. The molecule has 7 nitrogen and oxygen atoms in total. The number of hydrogen-bond acceptors (Lipinski definition) is 6. The molecule has 1 N–H and O–H groups in total. The summed E-state index contributed by atoms with van der Waals surface area (Å²) in [4.78, 5) is 26.5. The Morgan fingerprint density at radius 2 is 1.58 bits per heavy atom. The molecule has 0 radical (unpaired) electrons. The number of hydrogen-bond donors (Lipinski definition) is 1. The van der Waals surface area contributed by atoms with Crippen LogP contribution in [0.25, 0.3) is 11.0 Å². The van der Waals surface area contributed by atoms with Crippen LogP contribution in [0, 0.1) is 0 Å². The maximum Gasteiger partial charge on any atom is 0.243 e. The van der Waals surface area contributed by atoms with Gasteiger partial charge < -0.3 is 9.73 Å². The second-order valence-corrected chi connectivity index (χ2v) is 11.6. The highest BCUT2D eigenvalue weighted by Crippen LogP contribution is 2.33. The number of anilines is 1. The van der Waals surface area contributed by atoms with Crippen molar-refractivity contribution in [3.63, 3.8) is 0 Å². The van der Waals surface area contributed by atoms with Gasteiger partial charge in [0, 0.05) is 34.6 Å². The number of rotatable bonds is 8. The van der Waals surface area contributed by atoms with E-state index in [1.165, 1.54) is 16.4 Å². The molecule has 3 aromatic carbocycles. The van der Waals surface area contributed by atoms with E-state index in [4.69, 9.17) is 16.0 Å². The van der Waals surface area contributed by atoms with Crippen molar-refractivity contribution < 1.29 is 22.4 Å². The van der Waals surface area contributed by atoms with E-state index < -0.39 is 10.0 Å². The zero-order chi connectivity index (χ0) is 26.7. The second kappa shape index (κ2) is 11.1. The van der Waals surface area contributed by atoms with Crippen LogP contribution >= 0.6 is 11.6 Å². The lowest BCUT2D eigenvalue weighted by Gasteiger charge is -2.20. The van der Waals surface area contributed by atoms with Gasteiger partial charge in [0.25, 0.3) is 0 Å². The smallest absolute Gasteiger partial charge is 0.243 e. The summed E-state index contributed by atoms with van der Waals surface area (Å²) in [7, 11) is -3.69. The Labute approximate surface area is 226 Å². The zero-order valence-electron chi connectivity index (χ0n) is 20.7. The molecule has 0 aliphatic carbocycles. The Morgan fingerprint density at radius 3 is 2.32 bits per heavy atom. The van der Waals surface area contributed by atoms with Gasteiger partial charge >= 0.3 is 0 Å². The fraction of sp³-hybridized carbons (Fsp3) is 0.241. The number of carbonyl (C=O) groups is 2. The lowest BCUT2D eigenvalue weighted by Crippen LogP contribution is -2.32. The molecule has 0 saturated carbocycles. The summed E-state index contributed by atoms with van der Waals surface area (Å²) in [5, 5.41) is 4.25. The largest absolute Gasteiger partial charge is 0.450 e. The first-order chi connectivity index (χ1) is 18.3. The molecule has 0 spiro atoms. The fourth-order valence-electron chi connectivity index (χ4n) is 4.65. The van der Waals surface area contributed by atoms with E-state index in [1.54, 1.807) is 54.6 Å². The van der Waals surface area contributed by atoms with Gasteiger partial charge in [0.15, 0.2) is 11.5 Å². The Bertz CT molecular complexity index is 1590. The molecule has 1 aliphatic rings. The van der Waals surface area contributed by atoms with E-state index in [2.05, 4.69) is 5.32 Å². The summed E-state index contributed by atoms with van der Waals surface area (Å²) in [6.07, 6.45) is 3.69. The average molecular weight is 551 g/mol. The number of para-hydroxylation sites is 1. The lowest BCUT2D eigenvalue weighted by molar-refractivity contribution is 0.0997.